The smallest absolute Gasteiger partial charge is 0.438 e. The summed E-state index contributed by atoms with van der Waals surface area (Å²) in [6.07, 6.45) is -0.467. The standard InChI is InChI=1S/C10H12N4O4/c1-5-6(2)8(18-10(16)17-3)14(7(5)15)9-11-4-12-13-9/h4,8H,1-3H3,(H,11,12,13). The summed E-state index contributed by atoms with van der Waals surface area (Å²) in [6.45, 7) is 3.36. The van der Waals surface area contributed by atoms with Crippen LogP contribution in [-0.4, -0.2) is 40.6 Å². The molecule has 0 fully saturated rings. The molecule has 1 aliphatic heterocycles. The number of nitrogens with one attached hydrogen (secondary N) is 1. The highest BCUT2D eigenvalue weighted by atomic mass is 16.7. The van der Waals surface area contributed by atoms with Gasteiger partial charge >= 0.3 is 6.16 Å². The van der Waals surface area contributed by atoms with Crippen molar-refractivity contribution in [3.63, 3.8) is 0 Å². The van der Waals surface area contributed by atoms with Crippen LogP contribution < -0.4 is 4.90 Å². The van der Waals surface area contributed by atoms with Crippen LogP contribution in [-0.2, 0) is 14.3 Å². The Balaban J connectivity index is 2.33. The van der Waals surface area contributed by atoms with E-state index in [1.807, 2.05) is 0 Å². The Kier molecular flexibility index (Phi) is 3.00. The number of carbonyl (C=O) groups excluding carboxylic acids is 2. The maximum absolute atomic E-state index is 12.0. The Morgan fingerprint density at radius 2 is 2.22 bits per heavy atom. The zero-order valence-corrected chi connectivity index (χ0v) is 10.1. The second kappa shape index (κ2) is 4.47. The first-order valence-corrected chi connectivity index (χ1v) is 5.17. The molecule has 0 bridgehead atoms. The van der Waals surface area contributed by atoms with Crippen LogP contribution in [0.2, 0.25) is 0 Å². The Bertz CT molecular complexity index is 508. The molecule has 18 heavy (non-hydrogen) atoms. The number of nitrogens with zero attached hydrogens (tertiary/aromatic N) is 3. The molecule has 8 nitrogen and oxygen atoms in total. The van der Waals surface area contributed by atoms with E-state index < -0.39 is 12.4 Å². The Labute approximate surface area is 103 Å². The summed E-state index contributed by atoms with van der Waals surface area (Å²) in [6, 6.07) is 0. The van der Waals surface area contributed by atoms with Gasteiger partial charge in [-0.15, -0.1) is 0 Å². The van der Waals surface area contributed by atoms with Gasteiger partial charge in [-0.1, -0.05) is 0 Å². The molecule has 0 radical (unpaired) electrons. The normalized spacial score (nSPS) is 19.4. The van der Waals surface area contributed by atoms with Crippen molar-refractivity contribution >= 4 is 18.0 Å². The van der Waals surface area contributed by atoms with Crippen LogP contribution in [0, 0.1) is 0 Å². The molecule has 1 aliphatic rings. The molecular formula is C10H12N4O4. The molecule has 1 aromatic rings. The van der Waals surface area contributed by atoms with Gasteiger partial charge in [-0.3, -0.25) is 4.79 Å². The molecule has 1 atom stereocenters. The van der Waals surface area contributed by atoms with Crippen LogP contribution >= 0.6 is 0 Å². The summed E-state index contributed by atoms with van der Waals surface area (Å²) >= 11 is 0. The summed E-state index contributed by atoms with van der Waals surface area (Å²) in [5.74, 6) is -0.0803. The lowest BCUT2D eigenvalue weighted by molar-refractivity contribution is -0.115. The molecule has 96 valence electrons. The SMILES string of the molecule is COC(=O)OC1C(C)=C(C)C(=O)N1c1ncn[nH]1. The van der Waals surface area contributed by atoms with E-state index in [1.165, 1.54) is 18.3 Å². The lowest BCUT2D eigenvalue weighted by Crippen LogP contribution is -2.39. The third kappa shape index (κ3) is 1.81. The molecule has 1 aromatic heterocycles. The van der Waals surface area contributed by atoms with Crippen molar-refractivity contribution in [3.8, 4) is 0 Å². The molecule has 2 heterocycles. The molecule has 0 spiro atoms. The van der Waals surface area contributed by atoms with Gasteiger partial charge in [0, 0.05) is 5.57 Å². The van der Waals surface area contributed by atoms with Crippen LogP contribution in [0.5, 0.6) is 0 Å². The lowest BCUT2D eigenvalue weighted by Gasteiger charge is -2.22. The summed E-state index contributed by atoms with van der Waals surface area (Å²) < 4.78 is 9.48. The monoisotopic (exact) mass is 252 g/mol. The number of anilines is 1. The largest absolute Gasteiger partial charge is 0.510 e. The minimum atomic E-state index is -0.869. The number of hydrogen-bond donors (Lipinski definition) is 1. The Morgan fingerprint density at radius 3 is 2.78 bits per heavy atom. The number of carbonyl (C=O) groups is 2. The van der Waals surface area contributed by atoms with Crippen LogP contribution in [0.4, 0.5) is 10.7 Å². The average Bonchev–Trinajstić information content (AvgIpc) is 2.94. The molecule has 1 amide bonds. The zero-order valence-electron chi connectivity index (χ0n) is 10.1. The fraction of sp³-hybridized carbons (Fsp3) is 0.400. The fourth-order valence-corrected chi connectivity index (χ4v) is 1.64. The first-order chi connectivity index (χ1) is 8.56. The van der Waals surface area contributed by atoms with E-state index in [0.717, 1.165) is 0 Å². The first kappa shape index (κ1) is 12.1. The predicted molar refractivity (Wildman–Crippen MR) is 59.5 cm³/mol. The summed E-state index contributed by atoms with van der Waals surface area (Å²) in [4.78, 5) is 28.3. The minimum Gasteiger partial charge on any atom is -0.438 e. The third-order valence-corrected chi connectivity index (χ3v) is 2.74. The number of methoxy groups -OCH3 is 1. The highest BCUT2D eigenvalue weighted by Gasteiger charge is 2.40. The van der Waals surface area contributed by atoms with Crippen molar-refractivity contribution in [2.75, 3.05) is 12.0 Å². The van der Waals surface area contributed by atoms with Crippen molar-refractivity contribution in [2.45, 2.75) is 20.1 Å². The van der Waals surface area contributed by atoms with Crippen LogP contribution in [0.3, 0.4) is 0 Å². The van der Waals surface area contributed by atoms with Crippen molar-refractivity contribution in [1.29, 1.82) is 0 Å². The summed E-state index contributed by atoms with van der Waals surface area (Å²) in [5, 5.41) is 6.22. The number of hydrogen-bond acceptors (Lipinski definition) is 6. The second-order valence-corrected chi connectivity index (χ2v) is 3.72. The highest BCUT2D eigenvalue weighted by Crippen LogP contribution is 2.29. The predicted octanol–water partition coefficient (Wildman–Crippen LogP) is 0.597. The van der Waals surface area contributed by atoms with Gasteiger partial charge in [0.2, 0.25) is 12.2 Å². The quantitative estimate of drug-likeness (QED) is 0.774. The van der Waals surface area contributed by atoms with E-state index in [1.54, 1.807) is 13.8 Å². The number of aromatic nitrogens is 3. The van der Waals surface area contributed by atoms with E-state index in [9.17, 15) is 9.59 Å². The molecule has 8 heteroatoms. The number of amides is 1. The van der Waals surface area contributed by atoms with Gasteiger partial charge in [0.05, 0.1) is 7.11 Å². The maximum atomic E-state index is 12.0. The molecule has 2 rings (SSSR count). The van der Waals surface area contributed by atoms with E-state index >= 15 is 0 Å². The zero-order chi connectivity index (χ0) is 13.3. The summed E-state index contributed by atoms with van der Waals surface area (Å²) in [7, 11) is 1.20. The van der Waals surface area contributed by atoms with Gasteiger partial charge in [0.1, 0.15) is 6.33 Å². The molecule has 1 N–H and O–H groups in total. The fourth-order valence-electron chi connectivity index (χ4n) is 1.64. The van der Waals surface area contributed by atoms with Gasteiger partial charge in [0.25, 0.3) is 5.91 Å². The molecule has 0 aliphatic carbocycles. The van der Waals surface area contributed by atoms with Crippen molar-refractivity contribution in [1.82, 2.24) is 15.2 Å². The molecular weight excluding hydrogens is 240 g/mol. The number of H-pyrrole nitrogens is 1. The van der Waals surface area contributed by atoms with E-state index in [4.69, 9.17) is 4.74 Å². The molecule has 1 unspecified atom stereocenters. The van der Waals surface area contributed by atoms with Gasteiger partial charge < -0.3 is 9.47 Å². The number of ether oxygens (including phenoxy) is 2. The Morgan fingerprint density at radius 1 is 1.50 bits per heavy atom. The third-order valence-electron chi connectivity index (χ3n) is 2.74. The van der Waals surface area contributed by atoms with Gasteiger partial charge in [-0.25, -0.2) is 14.8 Å². The number of aromatic amines is 1. The van der Waals surface area contributed by atoms with Gasteiger partial charge in [-0.2, -0.15) is 10.1 Å². The van der Waals surface area contributed by atoms with E-state index in [0.29, 0.717) is 11.1 Å². The molecule has 0 saturated heterocycles. The van der Waals surface area contributed by atoms with Crippen LogP contribution in [0.1, 0.15) is 13.8 Å². The van der Waals surface area contributed by atoms with E-state index in [-0.39, 0.29) is 11.9 Å². The number of rotatable bonds is 2. The Hall–Kier alpha value is -2.38. The van der Waals surface area contributed by atoms with Crippen molar-refractivity contribution in [2.24, 2.45) is 0 Å². The van der Waals surface area contributed by atoms with E-state index in [2.05, 4.69) is 19.9 Å². The highest BCUT2D eigenvalue weighted by molar-refractivity contribution is 6.08. The van der Waals surface area contributed by atoms with Crippen LogP contribution in [0.15, 0.2) is 17.5 Å². The maximum Gasteiger partial charge on any atom is 0.510 e. The lowest BCUT2D eigenvalue weighted by atomic mass is 10.2. The van der Waals surface area contributed by atoms with Crippen LogP contribution in [0.25, 0.3) is 0 Å². The van der Waals surface area contributed by atoms with Gasteiger partial charge in [-0.05, 0) is 19.4 Å². The first-order valence-electron chi connectivity index (χ1n) is 5.17. The van der Waals surface area contributed by atoms with Crippen molar-refractivity contribution in [3.05, 3.63) is 17.5 Å². The van der Waals surface area contributed by atoms with Gasteiger partial charge in [0.15, 0.2) is 0 Å². The summed E-state index contributed by atoms with van der Waals surface area (Å²) in [5.41, 5.74) is 1.13. The molecule has 0 aromatic carbocycles. The van der Waals surface area contributed by atoms with Crippen molar-refractivity contribution < 1.29 is 19.1 Å². The average molecular weight is 252 g/mol. The molecule has 0 saturated carbocycles. The second-order valence-electron chi connectivity index (χ2n) is 3.72. The minimum absolute atomic E-state index is 0.213. The topological polar surface area (TPSA) is 97.4 Å².